The van der Waals surface area contributed by atoms with Gasteiger partial charge in [0.05, 0.1) is 5.69 Å². The minimum atomic E-state index is -1.13. The average molecular weight is 449 g/mol. The van der Waals surface area contributed by atoms with Gasteiger partial charge in [0.2, 0.25) is 0 Å². The SMILES string of the molecule is CN(C)CCC(O)(c1ccccc1)c1cccc2cc(-n3cncn3)c(-c3ccccc3)cc12. The molecule has 0 fully saturated rings. The maximum absolute atomic E-state index is 12.3. The fraction of sp³-hybridized carbons (Fsp3) is 0.172. The normalized spacial score (nSPS) is 13.3. The lowest BCUT2D eigenvalue weighted by Crippen LogP contribution is -2.32. The van der Waals surface area contributed by atoms with Gasteiger partial charge in [-0.1, -0.05) is 78.9 Å². The summed E-state index contributed by atoms with van der Waals surface area (Å²) in [4.78, 5) is 6.27. The predicted octanol–water partition coefficient (Wildman–Crippen LogP) is 5.28. The Morgan fingerprint density at radius 3 is 2.29 bits per heavy atom. The first kappa shape index (κ1) is 22.0. The van der Waals surface area contributed by atoms with Crippen molar-refractivity contribution in [3.63, 3.8) is 0 Å². The number of benzene rings is 4. The molecule has 5 heteroatoms. The Hall–Kier alpha value is -3.80. The van der Waals surface area contributed by atoms with Gasteiger partial charge >= 0.3 is 0 Å². The van der Waals surface area contributed by atoms with Crippen LogP contribution >= 0.6 is 0 Å². The van der Waals surface area contributed by atoms with Gasteiger partial charge in [0.25, 0.3) is 0 Å². The zero-order valence-corrected chi connectivity index (χ0v) is 19.5. The highest BCUT2D eigenvalue weighted by Crippen LogP contribution is 2.40. The number of aromatic nitrogens is 3. The largest absolute Gasteiger partial charge is 0.380 e. The van der Waals surface area contributed by atoms with Crippen molar-refractivity contribution in [2.75, 3.05) is 20.6 Å². The molecular weight excluding hydrogens is 420 g/mol. The van der Waals surface area contributed by atoms with Crippen LogP contribution in [0.1, 0.15) is 17.5 Å². The van der Waals surface area contributed by atoms with Crippen molar-refractivity contribution in [1.29, 1.82) is 0 Å². The molecule has 5 rings (SSSR count). The van der Waals surface area contributed by atoms with Crippen LogP contribution in [0.3, 0.4) is 0 Å². The van der Waals surface area contributed by atoms with Gasteiger partial charge in [0.1, 0.15) is 18.3 Å². The summed E-state index contributed by atoms with van der Waals surface area (Å²) in [5.74, 6) is 0. The fourth-order valence-corrected chi connectivity index (χ4v) is 4.58. The van der Waals surface area contributed by atoms with Crippen LogP contribution in [0.2, 0.25) is 0 Å². The molecular formula is C29H28N4O. The first-order valence-electron chi connectivity index (χ1n) is 11.5. The molecule has 0 saturated carbocycles. The molecule has 1 aromatic heterocycles. The van der Waals surface area contributed by atoms with E-state index in [-0.39, 0.29) is 0 Å². The Balaban J connectivity index is 1.78. The second kappa shape index (κ2) is 9.21. The average Bonchev–Trinajstić information content (AvgIpc) is 3.42. The number of nitrogens with zero attached hydrogens (tertiary/aromatic N) is 4. The lowest BCUT2D eigenvalue weighted by Gasteiger charge is -2.32. The Morgan fingerprint density at radius 2 is 1.62 bits per heavy atom. The van der Waals surface area contributed by atoms with Crippen molar-refractivity contribution in [2.45, 2.75) is 12.0 Å². The minimum absolute atomic E-state index is 0.578. The molecule has 0 saturated heterocycles. The summed E-state index contributed by atoms with van der Waals surface area (Å²) in [6.45, 7) is 0.754. The van der Waals surface area contributed by atoms with Crippen LogP contribution in [0.15, 0.2) is 104 Å². The standard InChI is InChI=1S/C29H28N4O/c1-32(2)17-16-29(34,24-13-7-4-8-14-24)27-15-9-12-23-18-28(33-21-30-20-31-33)26(19-25(23)27)22-10-5-3-6-11-22/h3-15,18-21,34H,16-17H2,1-2H3. The third-order valence-corrected chi connectivity index (χ3v) is 6.36. The summed E-state index contributed by atoms with van der Waals surface area (Å²) in [5, 5.41) is 18.7. The smallest absolute Gasteiger partial charge is 0.138 e. The Labute approximate surface area is 199 Å². The third-order valence-electron chi connectivity index (χ3n) is 6.36. The highest BCUT2D eigenvalue weighted by molar-refractivity contribution is 5.94. The number of fused-ring (bicyclic) bond motifs is 1. The van der Waals surface area contributed by atoms with E-state index in [1.807, 2.05) is 68.7 Å². The van der Waals surface area contributed by atoms with E-state index >= 15 is 0 Å². The van der Waals surface area contributed by atoms with E-state index in [9.17, 15) is 5.11 Å². The van der Waals surface area contributed by atoms with Gasteiger partial charge in [-0.2, -0.15) is 5.10 Å². The summed E-state index contributed by atoms with van der Waals surface area (Å²) in [5.41, 5.74) is 3.74. The van der Waals surface area contributed by atoms with Crippen LogP contribution in [-0.4, -0.2) is 45.4 Å². The number of hydrogen-bond acceptors (Lipinski definition) is 4. The molecule has 5 aromatic rings. The van der Waals surface area contributed by atoms with Crippen LogP contribution in [0, 0.1) is 0 Å². The maximum atomic E-state index is 12.3. The van der Waals surface area contributed by atoms with E-state index < -0.39 is 5.60 Å². The summed E-state index contributed by atoms with van der Waals surface area (Å²) in [6, 6.07) is 30.7. The van der Waals surface area contributed by atoms with Gasteiger partial charge in [0, 0.05) is 12.1 Å². The summed E-state index contributed by atoms with van der Waals surface area (Å²) < 4.78 is 1.80. The molecule has 0 amide bonds. The fourth-order valence-electron chi connectivity index (χ4n) is 4.58. The number of aliphatic hydroxyl groups is 1. The first-order valence-corrected chi connectivity index (χ1v) is 11.5. The zero-order chi connectivity index (χ0) is 23.5. The Morgan fingerprint density at radius 1 is 0.882 bits per heavy atom. The molecule has 0 spiro atoms. The molecule has 1 unspecified atom stereocenters. The zero-order valence-electron chi connectivity index (χ0n) is 19.5. The van der Waals surface area contributed by atoms with Gasteiger partial charge < -0.3 is 10.0 Å². The molecule has 1 heterocycles. The van der Waals surface area contributed by atoms with Gasteiger partial charge in [-0.3, -0.25) is 0 Å². The quantitative estimate of drug-likeness (QED) is 0.368. The van der Waals surface area contributed by atoms with Gasteiger partial charge in [-0.05, 0) is 60.1 Å². The Kier molecular flexibility index (Phi) is 5.97. The molecule has 0 radical (unpaired) electrons. The van der Waals surface area contributed by atoms with E-state index in [2.05, 4.69) is 51.4 Å². The highest BCUT2D eigenvalue weighted by atomic mass is 16.3. The van der Waals surface area contributed by atoms with Gasteiger partial charge in [0.15, 0.2) is 0 Å². The molecule has 4 aromatic carbocycles. The monoisotopic (exact) mass is 448 g/mol. The lowest BCUT2D eigenvalue weighted by molar-refractivity contribution is 0.0644. The topological polar surface area (TPSA) is 54.2 Å². The molecule has 34 heavy (non-hydrogen) atoms. The summed E-state index contributed by atoms with van der Waals surface area (Å²) in [6.07, 6.45) is 3.84. The molecule has 0 aliphatic heterocycles. The van der Waals surface area contributed by atoms with Crippen LogP contribution in [0.5, 0.6) is 0 Å². The van der Waals surface area contributed by atoms with Crippen molar-refractivity contribution in [3.8, 4) is 16.8 Å². The lowest BCUT2D eigenvalue weighted by atomic mass is 9.80. The maximum Gasteiger partial charge on any atom is 0.138 e. The summed E-state index contributed by atoms with van der Waals surface area (Å²) >= 11 is 0. The highest BCUT2D eigenvalue weighted by Gasteiger charge is 2.33. The number of hydrogen-bond donors (Lipinski definition) is 1. The predicted molar refractivity (Wildman–Crippen MR) is 137 cm³/mol. The second-order valence-corrected chi connectivity index (χ2v) is 8.88. The van der Waals surface area contributed by atoms with Crippen molar-refractivity contribution < 1.29 is 5.11 Å². The second-order valence-electron chi connectivity index (χ2n) is 8.88. The molecule has 5 nitrogen and oxygen atoms in total. The van der Waals surface area contributed by atoms with Crippen molar-refractivity contribution in [2.24, 2.45) is 0 Å². The van der Waals surface area contributed by atoms with E-state index in [1.54, 1.807) is 17.3 Å². The Bertz CT molecular complexity index is 1380. The number of rotatable bonds is 7. The first-order chi connectivity index (χ1) is 16.6. The molecule has 0 bridgehead atoms. The van der Waals surface area contributed by atoms with Crippen LogP contribution in [0.25, 0.3) is 27.6 Å². The molecule has 170 valence electrons. The van der Waals surface area contributed by atoms with E-state index in [1.165, 1.54) is 0 Å². The van der Waals surface area contributed by atoms with Crippen LogP contribution < -0.4 is 0 Å². The molecule has 1 atom stereocenters. The molecule has 0 aliphatic carbocycles. The van der Waals surface area contributed by atoms with Crippen molar-refractivity contribution in [1.82, 2.24) is 19.7 Å². The van der Waals surface area contributed by atoms with Gasteiger partial charge in [-0.15, -0.1) is 0 Å². The molecule has 0 aliphatic rings. The van der Waals surface area contributed by atoms with Crippen LogP contribution in [0.4, 0.5) is 0 Å². The van der Waals surface area contributed by atoms with E-state index in [4.69, 9.17) is 0 Å². The summed E-state index contributed by atoms with van der Waals surface area (Å²) in [7, 11) is 4.07. The van der Waals surface area contributed by atoms with Crippen LogP contribution in [-0.2, 0) is 5.60 Å². The van der Waals surface area contributed by atoms with Crippen molar-refractivity contribution >= 4 is 10.8 Å². The van der Waals surface area contributed by atoms with Crippen molar-refractivity contribution in [3.05, 3.63) is 115 Å². The van der Waals surface area contributed by atoms with E-state index in [0.717, 1.165) is 45.3 Å². The minimum Gasteiger partial charge on any atom is -0.380 e. The van der Waals surface area contributed by atoms with Gasteiger partial charge in [-0.25, -0.2) is 9.67 Å². The van der Waals surface area contributed by atoms with E-state index in [0.29, 0.717) is 6.42 Å². The third kappa shape index (κ3) is 4.12. The molecule has 1 N–H and O–H groups in total.